The largest absolute Gasteiger partial charge is 0.347 e. The van der Waals surface area contributed by atoms with Gasteiger partial charge in [-0.1, -0.05) is 24.3 Å². The van der Waals surface area contributed by atoms with Crippen LogP contribution < -0.4 is 5.32 Å². The molecule has 0 unspecified atom stereocenters. The Morgan fingerprint density at radius 2 is 2.00 bits per heavy atom. The molecule has 0 spiro atoms. The number of carbonyl (C=O) groups excluding carboxylic acids is 1. The number of fused-ring (bicyclic) bond motifs is 1. The predicted octanol–water partition coefficient (Wildman–Crippen LogP) is 3.76. The highest BCUT2D eigenvalue weighted by Gasteiger charge is 2.28. The molecule has 3 aromatic heterocycles. The Bertz CT molecular complexity index is 1230. The molecule has 1 aliphatic rings. The van der Waals surface area contributed by atoms with Gasteiger partial charge in [0.2, 0.25) is 0 Å². The van der Waals surface area contributed by atoms with E-state index in [1.54, 1.807) is 11.0 Å². The van der Waals surface area contributed by atoms with E-state index in [4.69, 9.17) is 4.98 Å². The van der Waals surface area contributed by atoms with Crippen LogP contribution in [-0.2, 0) is 13.1 Å². The average molecular weight is 419 g/mol. The van der Waals surface area contributed by atoms with Crippen molar-refractivity contribution in [2.45, 2.75) is 45.7 Å². The topological polar surface area (TPSA) is 85.6 Å². The third-order valence-electron chi connectivity index (χ3n) is 5.49. The predicted molar refractivity (Wildman–Crippen MR) is 116 cm³/mol. The number of nitrogens with zero attached hydrogens (tertiary/aromatic N) is 5. The van der Waals surface area contributed by atoms with Crippen molar-refractivity contribution >= 4 is 27.5 Å². The van der Waals surface area contributed by atoms with E-state index in [1.807, 2.05) is 38.1 Å². The Balaban J connectivity index is 1.37. The number of aromatic nitrogens is 5. The fourth-order valence-corrected chi connectivity index (χ4v) is 4.88. The van der Waals surface area contributed by atoms with E-state index in [-0.39, 0.29) is 5.91 Å². The van der Waals surface area contributed by atoms with Gasteiger partial charge in [0.05, 0.1) is 17.1 Å². The second-order valence-electron chi connectivity index (χ2n) is 7.72. The van der Waals surface area contributed by atoms with Crippen LogP contribution in [0.25, 0.3) is 10.2 Å². The number of hydrogen-bond donors (Lipinski definition) is 1. The number of hydrogen-bond acceptors (Lipinski definition) is 6. The van der Waals surface area contributed by atoms with Crippen LogP contribution in [0, 0.1) is 13.8 Å². The molecule has 4 aromatic rings. The van der Waals surface area contributed by atoms with Gasteiger partial charge in [0.25, 0.3) is 5.91 Å². The molecule has 0 bridgehead atoms. The zero-order valence-corrected chi connectivity index (χ0v) is 17.7. The van der Waals surface area contributed by atoms with Crippen molar-refractivity contribution in [3.63, 3.8) is 0 Å². The van der Waals surface area contributed by atoms with E-state index in [9.17, 15) is 4.79 Å². The Morgan fingerprint density at radius 1 is 1.20 bits per heavy atom. The summed E-state index contributed by atoms with van der Waals surface area (Å²) in [6, 6.07) is 8.05. The number of nitrogens with one attached hydrogen (secondary N) is 1. The van der Waals surface area contributed by atoms with Crippen molar-refractivity contribution in [1.82, 2.24) is 30.0 Å². The lowest BCUT2D eigenvalue weighted by atomic mass is 10.1. The summed E-state index contributed by atoms with van der Waals surface area (Å²) in [4.78, 5) is 28.1. The number of aryl methyl sites for hydroxylation is 2. The first-order valence-corrected chi connectivity index (χ1v) is 10.9. The summed E-state index contributed by atoms with van der Waals surface area (Å²) in [5.74, 6) is 1.35. The maximum atomic E-state index is 13.0. The number of carbonyl (C=O) groups is 1. The second-order valence-corrected chi connectivity index (χ2v) is 8.72. The molecule has 30 heavy (non-hydrogen) atoms. The fourth-order valence-electron chi connectivity index (χ4n) is 3.73. The average Bonchev–Trinajstić information content (AvgIpc) is 3.37. The van der Waals surface area contributed by atoms with E-state index in [2.05, 4.69) is 20.4 Å². The summed E-state index contributed by atoms with van der Waals surface area (Å²) >= 11 is 1.46. The number of thiophene rings is 1. The maximum absolute atomic E-state index is 13.0. The second kappa shape index (κ2) is 7.60. The number of rotatable bonds is 6. The van der Waals surface area contributed by atoms with Gasteiger partial charge in [-0.15, -0.1) is 11.3 Å². The minimum absolute atomic E-state index is 0.0709. The summed E-state index contributed by atoms with van der Waals surface area (Å²) in [7, 11) is 0. The molecule has 3 heterocycles. The smallest absolute Gasteiger partial charge is 0.261 e. The van der Waals surface area contributed by atoms with E-state index < -0.39 is 0 Å². The quantitative estimate of drug-likeness (QED) is 0.515. The van der Waals surface area contributed by atoms with Crippen LogP contribution in [0.15, 0.2) is 36.9 Å². The lowest BCUT2D eigenvalue weighted by Crippen LogP contribution is -2.23. The third-order valence-corrected chi connectivity index (χ3v) is 6.68. The van der Waals surface area contributed by atoms with Crippen LogP contribution in [-0.4, -0.2) is 30.6 Å². The van der Waals surface area contributed by atoms with Gasteiger partial charge in [-0.05, 0) is 43.4 Å². The van der Waals surface area contributed by atoms with E-state index in [1.165, 1.54) is 17.7 Å². The van der Waals surface area contributed by atoms with Crippen molar-refractivity contribution in [1.29, 1.82) is 0 Å². The van der Waals surface area contributed by atoms with Gasteiger partial charge in [0.1, 0.15) is 23.3 Å². The van der Waals surface area contributed by atoms with Crippen molar-refractivity contribution in [3.8, 4) is 0 Å². The van der Waals surface area contributed by atoms with E-state index >= 15 is 0 Å². The molecule has 0 saturated heterocycles. The van der Waals surface area contributed by atoms with Crippen LogP contribution in [0.5, 0.6) is 0 Å². The molecule has 0 atom stereocenters. The van der Waals surface area contributed by atoms with Gasteiger partial charge in [-0.3, -0.25) is 4.79 Å². The molecular weight excluding hydrogens is 396 g/mol. The summed E-state index contributed by atoms with van der Waals surface area (Å²) < 4.78 is 1.77. The molecule has 7 nitrogen and oxygen atoms in total. The van der Waals surface area contributed by atoms with Gasteiger partial charge in [-0.2, -0.15) is 5.10 Å². The fraction of sp³-hybridized carbons (Fsp3) is 0.318. The van der Waals surface area contributed by atoms with Crippen LogP contribution >= 0.6 is 11.3 Å². The molecule has 1 aliphatic carbocycles. The van der Waals surface area contributed by atoms with E-state index in [0.717, 1.165) is 51.3 Å². The van der Waals surface area contributed by atoms with E-state index in [0.29, 0.717) is 23.9 Å². The molecule has 1 fully saturated rings. The summed E-state index contributed by atoms with van der Waals surface area (Å²) in [5.41, 5.74) is 4.09. The normalized spacial score (nSPS) is 13.7. The van der Waals surface area contributed by atoms with Crippen molar-refractivity contribution in [2.24, 2.45) is 0 Å². The first-order chi connectivity index (χ1) is 14.6. The highest BCUT2D eigenvalue weighted by atomic mass is 32.1. The van der Waals surface area contributed by atoms with Gasteiger partial charge >= 0.3 is 0 Å². The molecule has 0 aliphatic heterocycles. The highest BCUT2D eigenvalue weighted by Crippen LogP contribution is 2.40. The maximum Gasteiger partial charge on any atom is 0.261 e. The zero-order valence-electron chi connectivity index (χ0n) is 16.9. The van der Waals surface area contributed by atoms with Crippen molar-refractivity contribution < 1.29 is 4.79 Å². The van der Waals surface area contributed by atoms with Crippen molar-refractivity contribution in [2.75, 3.05) is 0 Å². The van der Waals surface area contributed by atoms with Gasteiger partial charge in [0.15, 0.2) is 0 Å². The molecule has 1 saturated carbocycles. The lowest BCUT2D eigenvalue weighted by molar-refractivity contribution is 0.0954. The van der Waals surface area contributed by atoms with Crippen molar-refractivity contribution in [3.05, 3.63) is 70.0 Å². The zero-order chi connectivity index (χ0) is 20.7. The Kier molecular flexibility index (Phi) is 4.78. The monoisotopic (exact) mass is 418 g/mol. The third kappa shape index (κ3) is 3.59. The molecule has 152 valence electrons. The Hall–Kier alpha value is -3.13. The molecule has 5 rings (SSSR count). The summed E-state index contributed by atoms with van der Waals surface area (Å²) in [5, 5.41) is 8.27. The van der Waals surface area contributed by atoms with Crippen LogP contribution in [0.1, 0.15) is 56.6 Å². The van der Waals surface area contributed by atoms with Crippen LogP contribution in [0.2, 0.25) is 0 Å². The highest BCUT2D eigenvalue weighted by molar-refractivity contribution is 7.20. The van der Waals surface area contributed by atoms with Gasteiger partial charge in [-0.25, -0.2) is 19.6 Å². The molecular formula is C22H22N6OS. The first-order valence-electron chi connectivity index (χ1n) is 10.0. The molecule has 0 radical (unpaired) electrons. The first kappa shape index (κ1) is 18.9. The summed E-state index contributed by atoms with van der Waals surface area (Å²) in [6.45, 7) is 5.07. The summed E-state index contributed by atoms with van der Waals surface area (Å²) in [6.07, 6.45) is 5.54. The Morgan fingerprint density at radius 3 is 2.73 bits per heavy atom. The van der Waals surface area contributed by atoms with Gasteiger partial charge < -0.3 is 5.32 Å². The van der Waals surface area contributed by atoms with Crippen LogP contribution in [0.4, 0.5) is 0 Å². The standard InChI is InChI=1S/C22H22N6OS/c1-13-18-14(2)26-20(15-7-8-15)27-22(18)30-19(13)21(29)24-9-16-5-3-4-6-17(16)10-28-12-23-11-25-28/h3-6,11-12,15H,7-10H2,1-2H3,(H,24,29). The SMILES string of the molecule is Cc1nc(C2CC2)nc2sc(C(=O)NCc3ccccc3Cn3cncn3)c(C)c12. The molecule has 1 aromatic carbocycles. The lowest BCUT2D eigenvalue weighted by Gasteiger charge is -2.10. The van der Waals surface area contributed by atoms with Crippen LogP contribution in [0.3, 0.4) is 0 Å². The minimum atomic E-state index is -0.0709. The molecule has 1 N–H and O–H groups in total. The molecule has 1 amide bonds. The number of benzene rings is 1. The molecule has 8 heteroatoms. The van der Waals surface area contributed by atoms with Gasteiger partial charge in [0, 0.05) is 17.8 Å². The Labute approximate surface area is 178 Å². The number of amides is 1. The minimum Gasteiger partial charge on any atom is -0.347 e.